The smallest absolute Gasteiger partial charge is 0.236 e. The normalized spacial score (nSPS) is 12.4. The highest BCUT2D eigenvalue weighted by atomic mass is 16.3. The minimum Gasteiger partial charge on any atom is -0.508 e. The lowest BCUT2D eigenvalue weighted by Crippen LogP contribution is -2.46. The number of phenolic OH excluding ortho intramolecular Hbond substituents is 1. The lowest BCUT2D eigenvalue weighted by Gasteiger charge is -2.11. The highest BCUT2D eigenvalue weighted by molar-refractivity contribution is 5.80. The molecule has 1 aromatic carbocycles. The average molecular weight is 195 g/mol. The van der Waals surface area contributed by atoms with E-state index in [-0.39, 0.29) is 5.75 Å². The minimum absolute atomic E-state index is 0.185. The van der Waals surface area contributed by atoms with Gasteiger partial charge in [-0.15, -0.1) is 0 Å². The lowest BCUT2D eigenvalue weighted by molar-refractivity contribution is -0.120. The molecule has 0 radical (unpaired) electrons. The van der Waals surface area contributed by atoms with E-state index in [4.69, 9.17) is 16.7 Å². The maximum Gasteiger partial charge on any atom is 0.236 e. The number of hydrogen-bond acceptors (Lipinski definition) is 4. The summed E-state index contributed by atoms with van der Waals surface area (Å²) in [7, 11) is 0. The molecule has 5 heteroatoms. The van der Waals surface area contributed by atoms with Crippen LogP contribution in [0.15, 0.2) is 24.3 Å². The Balaban J connectivity index is 2.67. The zero-order chi connectivity index (χ0) is 10.6. The third-order valence-corrected chi connectivity index (χ3v) is 1.92. The highest BCUT2D eigenvalue weighted by Gasteiger charge is 2.13. The van der Waals surface area contributed by atoms with Gasteiger partial charge in [0.1, 0.15) is 11.8 Å². The van der Waals surface area contributed by atoms with Crippen LogP contribution in [-0.2, 0) is 11.2 Å². The Morgan fingerprint density at radius 3 is 2.43 bits per heavy atom. The van der Waals surface area contributed by atoms with E-state index in [1.165, 1.54) is 0 Å². The first-order valence-electron chi connectivity index (χ1n) is 4.17. The Morgan fingerprint density at radius 1 is 1.43 bits per heavy atom. The fourth-order valence-electron chi connectivity index (χ4n) is 1.11. The summed E-state index contributed by atoms with van der Waals surface area (Å²) in [6.07, 6.45) is 0.409. The zero-order valence-electron chi connectivity index (χ0n) is 7.60. The van der Waals surface area contributed by atoms with Crippen LogP contribution in [0.3, 0.4) is 0 Å². The van der Waals surface area contributed by atoms with Crippen LogP contribution < -0.4 is 17.0 Å². The van der Waals surface area contributed by atoms with E-state index in [1.807, 2.05) is 0 Å². The van der Waals surface area contributed by atoms with Crippen LogP contribution in [0.25, 0.3) is 0 Å². The van der Waals surface area contributed by atoms with Crippen LogP contribution in [-0.4, -0.2) is 17.1 Å². The molecule has 0 aromatic heterocycles. The first-order chi connectivity index (χ1) is 6.63. The summed E-state index contributed by atoms with van der Waals surface area (Å²) in [5, 5.41) is 9.03. The van der Waals surface area contributed by atoms with Crippen molar-refractivity contribution < 1.29 is 9.90 Å². The molecule has 0 fully saturated rings. The number of hydrogen-bond donors (Lipinski definition) is 4. The standard InChI is InChI=1S/C9H13N3O2/c10-9(14)8(12-11)5-6-1-3-7(13)4-2-6/h1-4,8,12-13H,5,11H2,(H2,10,14). The monoisotopic (exact) mass is 195 g/mol. The van der Waals surface area contributed by atoms with E-state index in [1.54, 1.807) is 24.3 Å². The number of phenols is 1. The van der Waals surface area contributed by atoms with E-state index in [0.717, 1.165) is 5.56 Å². The van der Waals surface area contributed by atoms with Crippen LogP contribution in [0.1, 0.15) is 5.56 Å². The number of amides is 1. The minimum atomic E-state index is -0.584. The van der Waals surface area contributed by atoms with Gasteiger partial charge in [0.2, 0.25) is 5.91 Å². The summed E-state index contributed by atoms with van der Waals surface area (Å²) < 4.78 is 0. The van der Waals surface area contributed by atoms with Crippen LogP contribution in [0.4, 0.5) is 0 Å². The van der Waals surface area contributed by atoms with Crippen molar-refractivity contribution in [1.29, 1.82) is 0 Å². The fourth-order valence-corrected chi connectivity index (χ4v) is 1.11. The van der Waals surface area contributed by atoms with Gasteiger partial charge in [-0.2, -0.15) is 0 Å². The van der Waals surface area contributed by atoms with Crippen molar-refractivity contribution in [3.05, 3.63) is 29.8 Å². The fraction of sp³-hybridized carbons (Fsp3) is 0.222. The second-order valence-corrected chi connectivity index (χ2v) is 2.99. The average Bonchev–Trinajstić information content (AvgIpc) is 2.16. The van der Waals surface area contributed by atoms with Crippen molar-refractivity contribution in [2.75, 3.05) is 0 Å². The van der Waals surface area contributed by atoms with Gasteiger partial charge in [-0.3, -0.25) is 10.6 Å². The summed E-state index contributed by atoms with van der Waals surface area (Å²) in [6.45, 7) is 0. The van der Waals surface area contributed by atoms with Crippen LogP contribution in [0.5, 0.6) is 5.75 Å². The number of benzene rings is 1. The van der Waals surface area contributed by atoms with Gasteiger partial charge in [-0.25, -0.2) is 5.43 Å². The molecule has 0 saturated heterocycles. The molecule has 5 nitrogen and oxygen atoms in total. The molecule has 0 aliphatic rings. The molecule has 0 spiro atoms. The van der Waals surface area contributed by atoms with Gasteiger partial charge in [-0.05, 0) is 24.1 Å². The van der Waals surface area contributed by atoms with Crippen molar-refractivity contribution >= 4 is 5.91 Å². The molecule has 0 aliphatic heterocycles. The molecule has 6 N–H and O–H groups in total. The first-order valence-corrected chi connectivity index (χ1v) is 4.17. The maximum absolute atomic E-state index is 10.8. The highest BCUT2D eigenvalue weighted by Crippen LogP contribution is 2.10. The Morgan fingerprint density at radius 2 is 2.00 bits per heavy atom. The molecule has 1 atom stereocenters. The Bertz CT molecular complexity index is 310. The first kappa shape index (κ1) is 10.5. The summed E-state index contributed by atoms with van der Waals surface area (Å²) in [5.41, 5.74) is 8.30. The van der Waals surface area contributed by atoms with E-state index in [0.29, 0.717) is 6.42 Å². The van der Waals surface area contributed by atoms with Gasteiger partial charge < -0.3 is 10.8 Å². The molecule has 1 unspecified atom stereocenters. The molecule has 14 heavy (non-hydrogen) atoms. The predicted octanol–water partition coefficient (Wildman–Crippen LogP) is -0.748. The SMILES string of the molecule is NNC(Cc1ccc(O)cc1)C(N)=O. The number of aromatic hydroxyl groups is 1. The van der Waals surface area contributed by atoms with E-state index in [2.05, 4.69) is 5.43 Å². The Hall–Kier alpha value is -1.59. The van der Waals surface area contributed by atoms with Gasteiger partial charge in [0.25, 0.3) is 0 Å². The Kier molecular flexibility index (Phi) is 3.44. The van der Waals surface area contributed by atoms with Gasteiger partial charge >= 0.3 is 0 Å². The topological polar surface area (TPSA) is 101 Å². The van der Waals surface area contributed by atoms with Crippen LogP contribution in [0.2, 0.25) is 0 Å². The lowest BCUT2D eigenvalue weighted by atomic mass is 10.1. The molecule has 76 valence electrons. The quantitative estimate of drug-likeness (QED) is 0.375. The molecule has 1 rings (SSSR count). The second-order valence-electron chi connectivity index (χ2n) is 2.99. The number of nitrogens with two attached hydrogens (primary N) is 2. The third kappa shape index (κ3) is 2.72. The second kappa shape index (κ2) is 4.59. The molecule has 0 bridgehead atoms. The van der Waals surface area contributed by atoms with E-state index in [9.17, 15) is 4.79 Å². The third-order valence-electron chi connectivity index (χ3n) is 1.92. The molecule has 0 aliphatic carbocycles. The predicted molar refractivity (Wildman–Crippen MR) is 52.1 cm³/mol. The van der Waals surface area contributed by atoms with Crippen molar-refractivity contribution in [1.82, 2.24) is 5.43 Å². The summed E-state index contributed by atoms with van der Waals surface area (Å²) >= 11 is 0. The molecule has 0 saturated carbocycles. The van der Waals surface area contributed by atoms with Crippen LogP contribution >= 0.6 is 0 Å². The molecule has 0 heterocycles. The van der Waals surface area contributed by atoms with E-state index < -0.39 is 11.9 Å². The van der Waals surface area contributed by atoms with Crippen molar-refractivity contribution in [3.8, 4) is 5.75 Å². The number of carbonyl (C=O) groups excluding carboxylic acids is 1. The molecular formula is C9H13N3O2. The number of primary amides is 1. The van der Waals surface area contributed by atoms with Crippen LogP contribution in [0, 0.1) is 0 Å². The summed E-state index contributed by atoms with van der Waals surface area (Å²) in [6, 6.07) is 5.93. The summed E-state index contributed by atoms with van der Waals surface area (Å²) in [5.74, 6) is 4.84. The van der Waals surface area contributed by atoms with Gasteiger partial charge in [0, 0.05) is 0 Å². The van der Waals surface area contributed by atoms with E-state index >= 15 is 0 Å². The zero-order valence-corrected chi connectivity index (χ0v) is 7.60. The van der Waals surface area contributed by atoms with Gasteiger partial charge in [0.15, 0.2) is 0 Å². The van der Waals surface area contributed by atoms with Gasteiger partial charge in [-0.1, -0.05) is 12.1 Å². The van der Waals surface area contributed by atoms with Gasteiger partial charge in [0.05, 0.1) is 0 Å². The molecular weight excluding hydrogens is 182 g/mol. The summed E-state index contributed by atoms with van der Waals surface area (Å²) in [4.78, 5) is 10.8. The number of carbonyl (C=O) groups is 1. The molecule has 1 aromatic rings. The largest absolute Gasteiger partial charge is 0.508 e. The number of rotatable bonds is 4. The number of nitrogens with one attached hydrogen (secondary N) is 1. The maximum atomic E-state index is 10.8. The number of hydrazine groups is 1. The molecule has 1 amide bonds. The Labute approximate surface area is 81.7 Å². The van der Waals surface area contributed by atoms with Crippen molar-refractivity contribution in [2.24, 2.45) is 11.6 Å². The van der Waals surface area contributed by atoms with Crippen molar-refractivity contribution in [3.63, 3.8) is 0 Å². The van der Waals surface area contributed by atoms with Crippen molar-refractivity contribution in [2.45, 2.75) is 12.5 Å².